The summed E-state index contributed by atoms with van der Waals surface area (Å²) in [4.78, 5) is 0. The van der Waals surface area contributed by atoms with Gasteiger partial charge in [-0.1, -0.05) is 23.7 Å². The number of hydrogen-bond donors (Lipinski definition) is 1. The monoisotopic (exact) mass is 297 g/mol. The second kappa shape index (κ2) is 4.70. The predicted molar refractivity (Wildman–Crippen MR) is 73.0 cm³/mol. The van der Waals surface area contributed by atoms with Crippen molar-refractivity contribution < 1.29 is 13.2 Å². The summed E-state index contributed by atoms with van der Waals surface area (Å²) < 4.78 is 38.1. The molecule has 2 aromatic rings. The van der Waals surface area contributed by atoms with Crippen molar-refractivity contribution in [2.24, 2.45) is 0 Å². The number of nitrogens with one attached hydrogen (secondary N) is 1. The highest BCUT2D eigenvalue weighted by Gasteiger charge is 2.32. The highest BCUT2D eigenvalue weighted by Crippen LogP contribution is 2.38. The molecule has 20 heavy (non-hydrogen) atoms. The predicted octanol–water partition coefficient (Wildman–Crippen LogP) is 5.07. The molecule has 0 radical (unpaired) electrons. The Bertz CT molecular complexity index is 652. The van der Waals surface area contributed by atoms with Crippen LogP contribution < -0.4 is 5.32 Å². The maximum atomic E-state index is 12.7. The van der Waals surface area contributed by atoms with Crippen LogP contribution in [0.4, 0.5) is 18.9 Å². The van der Waals surface area contributed by atoms with Gasteiger partial charge in [0.25, 0.3) is 0 Å². The van der Waals surface area contributed by atoms with Gasteiger partial charge in [-0.3, -0.25) is 0 Å². The Morgan fingerprint density at radius 2 is 1.90 bits per heavy atom. The van der Waals surface area contributed by atoms with Crippen LogP contribution in [0.3, 0.4) is 0 Å². The molecule has 1 aliphatic heterocycles. The van der Waals surface area contributed by atoms with Crippen LogP contribution in [0.1, 0.15) is 22.7 Å². The molecule has 1 atom stereocenters. The highest BCUT2D eigenvalue weighted by molar-refractivity contribution is 6.30. The Balaban J connectivity index is 1.89. The average Bonchev–Trinajstić information content (AvgIpc) is 2.80. The molecule has 3 rings (SSSR count). The van der Waals surface area contributed by atoms with Crippen molar-refractivity contribution in [3.63, 3.8) is 0 Å². The summed E-state index contributed by atoms with van der Waals surface area (Å²) in [6.07, 6.45) is -3.78. The molecule has 0 amide bonds. The van der Waals surface area contributed by atoms with Gasteiger partial charge in [-0.25, -0.2) is 0 Å². The second-order valence-electron chi connectivity index (χ2n) is 4.83. The van der Waals surface area contributed by atoms with Crippen LogP contribution in [-0.4, -0.2) is 0 Å². The Kier molecular flexibility index (Phi) is 3.13. The molecule has 2 aromatic carbocycles. The molecule has 1 heterocycles. The third-order valence-electron chi connectivity index (χ3n) is 3.44. The van der Waals surface area contributed by atoms with E-state index in [2.05, 4.69) is 5.32 Å². The van der Waals surface area contributed by atoms with Gasteiger partial charge in [0.05, 0.1) is 11.6 Å². The summed E-state index contributed by atoms with van der Waals surface area (Å²) >= 11 is 5.94. The van der Waals surface area contributed by atoms with Crippen LogP contribution in [0.2, 0.25) is 5.02 Å². The normalized spacial score (nSPS) is 17.7. The van der Waals surface area contributed by atoms with Gasteiger partial charge in [0.1, 0.15) is 0 Å². The van der Waals surface area contributed by atoms with E-state index in [0.29, 0.717) is 17.0 Å². The fourth-order valence-electron chi connectivity index (χ4n) is 2.46. The summed E-state index contributed by atoms with van der Waals surface area (Å²) in [6, 6.07) is 11.1. The zero-order valence-electron chi connectivity index (χ0n) is 10.3. The maximum Gasteiger partial charge on any atom is 0.416 e. The molecule has 1 nitrogen and oxygen atoms in total. The number of rotatable bonds is 1. The Morgan fingerprint density at radius 3 is 2.60 bits per heavy atom. The molecule has 0 bridgehead atoms. The molecule has 0 saturated carbocycles. The lowest BCUT2D eigenvalue weighted by Gasteiger charge is -2.11. The molecule has 0 aliphatic carbocycles. The first kappa shape index (κ1) is 13.3. The van der Waals surface area contributed by atoms with E-state index in [1.54, 1.807) is 6.07 Å². The van der Waals surface area contributed by atoms with Crippen molar-refractivity contribution >= 4 is 17.3 Å². The van der Waals surface area contributed by atoms with Crippen LogP contribution in [0, 0.1) is 0 Å². The number of anilines is 1. The molecule has 1 aliphatic rings. The van der Waals surface area contributed by atoms with Gasteiger partial charge in [-0.15, -0.1) is 0 Å². The van der Waals surface area contributed by atoms with E-state index in [4.69, 9.17) is 11.6 Å². The smallest absolute Gasteiger partial charge is 0.378 e. The molecule has 1 N–H and O–H groups in total. The third kappa shape index (κ3) is 2.48. The quantitative estimate of drug-likeness (QED) is 0.775. The number of alkyl halides is 3. The van der Waals surface area contributed by atoms with Gasteiger partial charge < -0.3 is 5.32 Å². The standard InChI is InChI=1S/C15H11ClF3N/c16-12-3-1-2-9(7-12)14-8-10-6-11(15(17,18)19)4-5-13(10)20-14/h1-7,14,20H,8H2. The maximum absolute atomic E-state index is 12.7. The molecule has 104 valence electrons. The fraction of sp³-hybridized carbons (Fsp3) is 0.200. The van der Waals surface area contributed by atoms with E-state index in [-0.39, 0.29) is 6.04 Å². The minimum atomic E-state index is -4.30. The highest BCUT2D eigenvalue weighted by atomic mass is 35.5. The van der Waals surface area contributed by atoms with Crippen molar-refractivity contribution in [2.75, 3.05) is 5.32 Å². The molecular weight excluding hydrogens is 287 g/mol. The van der Waals surface area contributed by atoms with Crippen LogP contribution in [0.15, 0.2) is 42.5 Å². The Labute approximate surface area is 119 Å². The molecular formula is C15H11ClF3N. The van der Waals surface area contributed by atoms with Crippen molar-refractivity contribution in [3.05, 3.63) is 64.2 Å². The van der Waals surface area contributed by atoms with Crippen molar-refractivity contribution in [1.82, 2.24) is 0 Å². The van der Waals surface area contributed by atoms with Crippen LogP contribution in [-0.2, 0) is 12.6 Å². The minimum absolute atomic E-state index is 0.0350. The SMILES string of the molecule is FC(F)(F)c1ccc2c(c1)CC(c1cccc(Cl)c1)N2. The van der Waals surface area contributed by atoms with E-state index in [1.807, 2.05) is 18.2 Å². The van der Waals surface area contributed by atoms with Crippen molar-refractivity contribution in [3.8, 4) is 0 Å². The number of hydrogen-bond acceptors (Lipinski definition) is 1. The average molecular weight is 298 g/mol. The fourth-order valence-corrected chi connectivity index (χ4v) is 2.66. The number of benzene rings is 2. The van der Waals surface area contributed by atoms with E-state index >= 15 is 0 Å². The van der Waals surface area contributed by atoms with Gasteiger partial charge in [-0.05, 0) is 47.9 Å². The summed E-state index contributed by atoms with van der Waals surface area (Å²) in [6.45, 7) is 0. The van der Waals surface area contributed by atoms with Crippen molar-refractivity contribution in [1.29, 1.82) is 0 Å². The summed E-state index contributed by atoms with van der Waals surface area (Å²) in [7, 11) is 0. The largest absolute Gasteiger partial charge is 0.416 e. The third-order valence-corrected chi connectivity index (χ3v) is 3.67. The first-order chi connectivity index (χ1) is 9.43. The minimum Gasteiger partial charge on any atom is -0.378 e. The first-order valence-corrected chi connectivity index (χ1v) is 6.53. The van der Waals surface area contributed by atoms with E-state index in [0.717, 1.165) is 17.3 Å². The van der Waals surface area contributed by atoms with E-state index in [1.165, 1.54) is 12.1 Å². The van der Waals surface area contributed by atoms with Gasteiger partial charge in [0.15, 0.2) is 0 Å². The van der Waals surface area contributed by atoms with Gasteiger partial charge in [0, 0.05) is 10.7 Å². The lowest BCUT2D eigenvalue weighted by molar-refractivity contribution is -0.137. The Hall–Kier alpha value is -1.68. The number of fused-ring (bicyclic) bond motifs is 1. The van der Waals surface area contributed by atoms with Crippen molar-refractivity contribution in [2.45, 2.75) is 18.6 Å². The van der Waals surface area contributed by atoms with Gasteiger partial charge in [0.2, 0.25) is 0 Å². The molecule has 0 saturated heterocycles. The number of halogens is 4. The lowest BCUT2D eigenvalue weighted by atomic mass is 10.0. The molecule has 5 heteroatoms. The molecule has 0 aromatic heterocycles. The summed E-state index contributed by atoms with van der Waals surface area (Å²) in [5.74, 6) is 0. The zero-order chi connectivity index (χ0) is 14.3. The first-order valence-electron chi connectivity index (χ1n) is 6.15. The van der Waals surface area contributed by atoms with E-state index < -0.39 is 11.7 Å². The molecule has 1 unspecified atom stereocenters. The van der Waals surface area contributed by atoms with Crippen LogP contribution in [0.5, 0.6) is 0 Å². The molecule has 0 fully saturated rings. The second-order valence-corrected chi connectivity index (χ2v) is 5.26. The van der Waals surface area contributed by atoms with Crippen LogP contribution in [0.25, 0.3) is 0 Å². The Morgan fingerprint density at radius 1 is 1.10 bits per heavy atom. The van der Waals surface area contributed by atoms with Gasteiger partial charge >= 0.3 is 6.18 Å². The van der Waals surface area contributed by atoms with Gasteiger partial charge in [-0.2, -0.15) is 13.2 Å². The lowest BCUT2D eigenvalue weighted by Crippen LogP contribution is -2.05. The summed E-state index contributed by atoms with van der Waals surface area (Å²) in [5.41, 5.74) is 1.81. The van der Waals surface area contributed by atoms with Crippen LogP contribution >= 0.6 is 11.6 Å². The molecule has 0 spiro atoms. The zero-order valence-corrected chi connectivity index (χ0v) is 11.1. The summed E-state index contributed by atoms with van der Waals surface area (Å²) in [5, 5.41) is 3.85. The topological polar surface area (TPSA) is 12.0 Å². The van der Waals surface area contributed by atoms with E-state index in [9.17, 15) is 13.2 Å².